The quantitative estimate of drug-likeness (QED) is 0.821. The van der Waals surface area contributed by atoms with E-state index in [0.717, 1.165) is 5.69 Å². The fourth-order valence-electron chi connectivity index (χ4n) is 2.24. The van der Waals surface area contributed by atoms with Crippen molar-refractivity contribution in [2.24, 2.45) is 0 Å². The maximum Gasteiger partial charge on any atom is 0.260 e. The van der Waals surface area contributed by atoms with Gasteiger partial charge in [0.25, 0.3) is 5.91 Å². The first kappa shape index (κ1) is 12.8. The monoisotopic (exact) mass is 288 g/mol. The molecule has 0 unspecified atom stereocenters. The summed E-state index contributed by atoms with van der Waals surface area (Å²) in [5, 5.41) is 0.293. The summed E-state index contributed by atoms with van der Waals surface area (Å²) < 4.78 is 5.54. The second-order valence-electron chi connectivity index (χ2n) is 4.48. The molecule has 3 rings (SSSR count). The van der Waals surface area contributed by atoms with Gasteiger partial charge in [0, 0.05) is 0 Å². The number of carbonyl (C=O) groups is 1. The molecule has 5 heteroatoms. The van der Waals surface area contributed by atoms with Crippen LogP contribution < -0.4 is 15.4 Å². The van der Waals surface area contributed by atoms with Crippen molar-refractivity contribution in [1.82, 2.24) is 0 Å². The van der Waals surface area contributed by atoms with Gasteiger partial charge in [0.15, 0.2) is 0 Å². The van der Waals surface area contributed by atoms with Crippen molar-refractivity contribution in [3.8, 4) is 5.75 Å². The van der Waals surface area contributed by atoms with E-state index in [1.807, 2.05) is 24.3 Å². The lowest BCUT2D eigenvalue weighted by Crippen LogP contribution is -2.38. The molecule has 0 spiro atoms. The predicted octanol–water partition coefficient (Wildman–Crippen LogP) is 2.96. The van der Waals surface area contributed by atoms with Crippen LogP contribution in [0.1, 0.15) is 10.4 Å². The Kier molecular flexibility index (Phi) is 3.24. The standard InChI is InChI=1S/C15H13ClN2O2/c16-14-10(4-3-5-11(14)17)15(19)18-8-9-20-13-7-2-1-6-12(13)18/h1-7H,8-9,17H2. The lowest BCUT2D eigenvalue weighted by Gasteiger charge is -2.29. The highest BCUT2D eigenvalue weighted by molar-refractivity contribution is 6.37. The Bertz CT molecular complexity index is 673. The van der Waals surface area contributed by atoms with Crippen LogP contribution in [-0.4, -0.2) is 19.1 Å². The summed E-state index contributed by atoms with van der Waals surface area (Å²) in [7, 11) is 0. The summed E-state index contributed by atoms with van der Waals surface area (Å²) in [4.78, 5) is 14.3. The summed E-state index contributed by atoms with van der Waals surface area (Å²) in [5.41, 5.74) is 7.32. The normalized spacial score (nSPS) is 13.6. The van der Waals surface area contributed by atoms with E-state index in [1.54, 1.807) is 23.1 Å². The highest BCUT2D eigenvalue weighted by atomic mass is 35.5. The molecule has 1 aliphatic heterocycles. The minimum absolute atomic E-state index is 0.168. The average molecular weight is 289 g/mol. The van der Waals surface area contributed by atoms with Crippen molar-refractivity contribution in [2.45, 2.75) is 0 Å². The summed E-state index contributed by atoms with van der Waals surface area (Å²) in [6.45, 7) is 0.948. The second-order valence-corrected chi connectivity index (χ2v) is 4.86. The molecule has 20 heavy (non-hydrogen) atoms. The van der Waals surface area contributed by atoms with Crippen molar-refractivity contribution in [3.63, 3.8) is 0 Å². The van der Waals surface area contributed by atoms with E-state index in [0.29, 0.717) is 35.2 Å². The number of hydrogen-bond donors (Lipinski definition) is 1. The number of ether oxygens (including phenoxy) is 1. The summed E-state index contributed by atoms with van der Waals surface area (Å²) in [6, 6.07) is 12.5. The molecule has 4 nitrogen and oxygen atoms in total. The topological polar surface area (TPSA) is 55.6 Å². The largest absolute Gasteiger partial charge is 0.490 e. The van der Waals surface area contributed by atoms with Crippen molar-refractivity contribution in [1.29, 1.82) is 0 Å². The SMILES string of the molecule is Nc1cccc(C(=O)N2CCOc3ccccc32)c1Cl. The molecule has 2 N–H and O–H groups in total. The Hall–Kier alpha value is -2.20. The minimum Gasteiger partial charge on any atom is -0.490 e. The zero-order chi connectivity index (χ0) is 14.1. The summed E-state index contributed by atoms with van der Waals surface area (Å²) in [5.74, 6) is 0.533. The molecular weight excluding hydrogens is 276 g/mol. The van der Waals surface area contributed by atoms with Crippen molar-refractivity contribution < 1.29 is 9.53 Å². The van der Waals surface area contributed by atoms with Crippen LogP contribution in [0.15, 0.2) is 42.5 Å². The zero-order valence-corrected chi connectivity index (χ0v) is 11.4. The number of carbonyl (C=O) groups excluding carboxylic acids is 1. The van der Waals surface area contributed by atoms with Gasteiger partial charge in [-0.05, 0) is 24.3 Å². The average Bonchev–Trinajstić information content (AvgIpc) is 2.49. The van der Waals surface area contributed by atoms with Crippen LogP contribution in [-0.2, 0) is 0 Å². The van der Waals surface area contributed by atoms with E-state index in [9.17, 15) is 4.79 Å². The van der Waals surface area contributed by atoms with Crippen LogP contribution in [0.2, 0.25) is 5.02 Å². The minimum atomic E-state index is -0.168. The molecule has 0 aromatic heterocycles. The summed E-state index contributed by atoms with van der Waals surface area (Å²) >= 11 is 6.13. The van der Waals surface area contributed by atoms with E-state index in [2.05, 4.69) is 0 Å². The van der Waals surface area contributed by atoms with Crippen molar-refractivity contribution in [3.05, 3.63) is 53.1 Å². The van der Waals surface area contributed by atoms with Crippen molar-refractivity contribution in [2.75, 3.05) is 23.8 Å². The first-order chi connectivity index (χ1) is 9.68. The maximum absolute atomic E-state index is 12.7. The van der Waals surface area contributed by atoms with Gasteiger partial charge in [-0.25, -0.2) is 0 Å². The Balaban J connectivity index is 2.02. The van der Waals surface area contributed by atoms with Gasteiger partial charge in [-0.3, -0.25) is 4.79 Å². The number of halogens is 1. The molecule has 1 amide bonds. The number of anilines is 2. The van der Waals surface area contributed by atoms with Crippen LogP contribution in [0.3, 0.4) is 0 Å². The van der Waals surface area contributed by atoms with Gasteiger partial charge in [-0.15, -0.1) is 0 Å². The molecule has 102 valence electrons. The maximum atomic E-state index is 12.7. The third-order valence-electron chi connectivity index (χ3n) is 3.23. The van der Waals surface area contributed by atoms with Gasteiger partial charge in [-0.1, -0.05) is 29.8 Å². The van der Waals surface area contributed by atoms with E-state index >= 15 is 0 Å². The van der Waals surface area contributed by atoms with Crippen LogP contribution >= 0.6 is 11.6 Å². The molecule has 1 heterocycles. The van der Waals surface area contributed by atoms with E-state index in [-0.39, 0.29) is 5.91 Å². The molecule has 0 bridgehead atoms. The highest BCUT2D eigenvalue weighted by Crippen LogP contribution is 2.33. The molecule has 0 aliphatic carbocycles. The van der Waals surface area contributed by atoms with Gasteiger partial charge in [-0.2, -0.15) is 0 Å². The molecule has 0 saturated heterocycles. The number of amides is 1. The van der Waals surface area contributed by atoms with Crippen LogP contribution in [0.25, 0.3) is 0 Å². The van der Waals surface area contributed by atoms with Gasteiger partial charge in [0.2, 0.25) is 0 Å². The third kappa shape index (κ3) is 2.08. The predicted molar refractivity (Wildman–Crippen MR) is 79.5 cm³/mol. The molecule has 0 fully saturated rings. The fourth-order valence-corrected chi connectivity index (χ4v) is 2.45. The number of nitrogens with zero attached hydrogens (tertiary/aromatic N) is 1. The van der Waals surface area contributed by atoms with Crippen molar-refractivity contribution >= 4 is 28.9 Å². The van der Waals surface area contributed by atoms with E-state index < -0.39 is 0 Å². The number of rotatable bonds is 1. The number of hydrogen-bond acceptors (Lipinski definition) is 3. The molecule has 2 aromatic carbocycles. The lowest BCUT2D eigenvalue weighted by atomic mass is 10.1. The highest BCUT2D eigenvalue weighted by Gasteiger charge is 2.26. The number of nitrogens with two attached hydrogens (primary N) is 1. The fraction of sp³-hybridized carbons (Fsp3) is 0.133. The first-order valence-electron chi connectivity index (χ1n) is 6.26. The van der Waals surface area contributed by atoms with Gasteiger partial charge >= 0.3 is 0 Å². The number of para-hydroxylation sites is 2. The smallest absolute Gasteiger partial charge is 0.260 e. The molecular formula is C15H13ClN2O2. The number of benzene rings is 2. The van der Waals surface area contributed by atoms with Crippen LogP contribution in [0, 0.1) is 0 Å². The Labute approximate surface area is 121 Å². The van der Waals surface area contributed by atoms with Gasteiger partial charge in [0.05, 0.1) is 28.5 Å². The van der Waals surface area contributed by atoms with E-state index in [4.69, 9.17) is 22.1 Å². The molecule has 2 aromatic rings. The Morgan fingerprint density at radius 1 is 1.20 bits per heavy atom. The Morgan fingerprint density at radius 3 is 2.85 bits per heavy atom. The lowest BCUT2D eigenvalue weighted by molar-refractivity contribution is 0.0977. The number of fused-ring (bicyclic) bond motifs is 1. The van der Waals surface area contributed by atoms with Gasteiger partial charge in [0.1, 0.15) is 12.4 Å². The van der Waals surface area contributed by atoms with Crippen LogP contribution in [0.4, 0.5) is 11.4 Å². The molecule has 1 aliphatic rings. The number of nitrogen functional groups attached to an aromatic ring is 1. The second kappa shape index (κ2) is 5.06. The van der Waals surface area contributed by atoms with Gasteiger partial charge < -0.3 is 15.4 Å². The zero-order valence-electron chi connectivity index (χ0n) is 10.7. The molecule has 0 saturated carbocycles. The Morgan fingerprint density at radius 2 is 2.00 bits per heavy atom. The van der Waals surface area contributed by atoms with Crippen LogP contribution in [0.5, 0.6) is 5.75 Å². The first-order valence-corrected chi connectivity index (χ1v) is 6.64. The summed E-state index contributed by atoms with van der Waals surface area (Å²) in [6.07, 6.45) is 0. The molecule has 0 radical (unpaired) electrons. The molecule has 0 atom stereocenters. The third-order valence-corrected chi connectivity index (χ3v) is 3.65. The van der Waals surface area contributed by atoms with E-state index in [1.165, 1.54) is 0 Å².